The number of nitrogens with one attached hydrogen (secondary N) is 1. The number of fused-ring (bicyclic) bond motifs is 2. The molecule has 0 aromatic heterocycles. The van der Waals surface area contributed by atoms with Gasteiger partial charge in [-0.15, -0.1) is 24.8 Å². The summed E-state index contributed by atoms with van der Waals surface area (Å²) in [7, 11) is 1.56. The van der Waals surface area contributed by atoms with Gasteiger partial charge < -0.3 is 19.9 Å². The molecule has 3 heterocycles. The predicted molar refractivity (Wildman–Crippen MR) is 125 cm³/mol. The smallest absolute Gasteiger partial charge is 0.260 e. The number of methoxy groups -OCH3 is 1. The van der Waals surface area contributed by atoms with Gasteiger partial charge in [-0.1, -0.05) is 6.07 Å². The van der Waals surface area contributed by atoms with E-state index in [1.54, 1.807) is 18.1 Å². The number of piperazine rings is 1. The van der Waals surface area contributed by atoms with E-state index in [9.17, 15) is 13.9 Å². The van der Waals surface area contributed by atoms with Crippen LogP contribution in [0.1, 0.15) is 31.2 Å². The number of rotatable bonds is 8. The van der Waals surface area contributed by atoms with Gasteiger partial charge in [0.1, 0.15) is 12.7 Å². The van der Waals surface area contributed by atoms with Crippen molar-refractivity contribution in [2.75, 3.05) is 46.4 Å². The number of β-amino-alcohol motifs (C(OH)–C–C–N with tert-alkyl or cyclic N) is 1. The van der Waals surface area contributed by atoms with Gasteiger partial charge in [-0.3, -0.25) is 9.80 Å². The molecule has 184 valence electrons. The first kappa shape index (κ1) is 27.3. The Labute approximate surface area is 201 Å². The van der Waals surface area contributed by atoms with Crippen molar-refractivity contribution in [3.8, 4) is 11.5 Å². The molecule has 0 radical (unpaired) electrons. The minimum absolute atomic E-state index is 0. The minimum Gasteiger partial charge on any atom is -0.493 e. The highest BCUT2D eigenvalue weighted by Gasteiger charge is 2.35. The molecule has 3 aliphatic heterocycles. The maximum Gasteiger partial charge on any atom is 0.260 e. The van der Waals surface area contributed by atoms with Crippen LogP contribution in [0.3, 0.4) is 0 Å². The van der Waals surface area contributed by atoms with E-state index in [1.807, 2.05) is 12.1 Å². The Kier molecular flexibility index (Phi) is 10.2. The molecule has 0 spiro atoms. The fourth-order valence-electron chi connectivity index (χ4n) is 4.94. The monoisotopic (exact) mass is 497 g/mol. The predicted octanol–water partition coefficient (Wildman–Crippen LogP) is 2.95. The number of likely N-dealkylation sites (tertiary alicyclic amines) is 2. The van der Waals surface area contributed by atoms with E-state index in [1.165, 1.54) is 12.8 Å². The molecule has 32 heavy (non-hydrogen) atoms. The van der Waals surface area contributed by atoms with E-state index in [4.69, 9.17) is 9.47 Å². The number of nitrogens with zero attached hydrogens (tertiary/aromatic N) is 2. The molecular weight excluding hydrogens is 463 g/mol. The van der Waals surface area contributed by atoms with Crippen LogP contribution in [-0.2, 0) is 6.54 Å². The average molecular weight is 498 g/mol. The summed E-state index contributed by atoms with van der Waals surface area (Å²) >= 11 is 0. The summed E-state index contributed by atoms with van der Waals surface area (Å²) in [6.45, 7) is 3.66. The Morgan fingerprint density at radius 3 is 2.53 bits per heavy atom. The summed E-state index contributed by atoms with van der Waals surface area (Å²) in [5.74, 6) is -1.49. The molecule has 10 heteroatoms. The van der Waals surface area contributed by atoms with Gasteiger partial charge in [-0.25, -0.2) is 8.78 Å². The fourth-order valence-corrected chi connectivity index (χ4v) is 4.94. The standard InChI is InChI=1S/C22H33F2N3O3.2ClH/c1-29-21-9-16(10-26-8-2-7-22(23,24)15-26)3-6-20(21)30-14-19(28)13-27-11-17-4-5-18(12-27)25-17;;/h3,6,9,17-19,25,28H,2,4-5,7-8,10-15H2,1H3;2*1H/t17-,18+,19?;;. The first-order chi connectivity index (χ1) is 14.4. The number of hydrogen-bond acceptors (Lipinski definition) is 6. The number of halogens is 4. The van der Waals surface area contributed by atoms with Gasteiger partial charge in [-0.2, -0.15) is 0 Å². The maximum atomic E-state index is 13.6. The van der Waals surface area contributed by atoms with Crippen LogP contribution in [0, 0.1) is 0 Å². The lowest BCUT2D eigenvalue weighted by Gasteiger charge is -2.34. The molecule has 4 rings (SSSR count). The van der Waals surface area contributed by atoms with Crippen molar-refractivity contribution >= 4 is 24.8 Å². The number of aliphatic hydroxyl groups is 1. The summed E-state index contributed by atoms with van der Waals surface area (Å²) in [6.07, 6.45) is 2.33. The molecule has 1 aromatic carbocycles. The van der Waals surface area contributed by atoms with Crippen molar-refractivity contribution < 1.29 is 23.4 Å². The van der Waals surface area contributed by atoms with E-state index >= 15 is 0 Å². The molecule has 1 aromatic rings. The SMILES string of the molecule is COc1cc(CN2CCCC(F)(F)C2)ccc1OCC(O)CN1C[C@H]2CC[C@@H](C1)N2.Cl.Cl. The lowest BCUT2D eigenvalue weighted by Crippen LogP contribution is -2.53. The zero-order valence-electron chi connectivity index (χ0n) is 18.5. The van der Waals surface area contributed by atoms with Gasteiger partial charge in [0.25, 0.3) is 5.92 Å². The summed E-state index contributed by atoms with van der Waals surface area (Å²) in [6, 6.07) is 6.61. The highest BCUT2D eigenvalue weighted by Crippen LogP contribution is 2.31. The highest BCUT2D eigenvalue weighted by atomic mass is 35.5. The normalized spacial score (nSPS) is 26.0. The van der Waals surface area contributed by atoms with Gasteiger partial charge in [-0.05, 0) is 43.5 Å². The van der Waals surface area contributed by atoms with Gasteiger partial charge >= 0.3 is 0 Å². The van der Waals surface area contributed by atoms with Crippen LogP contribution in [-0.4, -0.2) is 85.5 Å². The molecular formula is C22H35Cl2F2N3O3. The molecule has 6 nitrogen and oxygen atoms in total. The lowest BCUT2D eigenvalue weighted by molar-refractivity contribution is -0.0661. The fraction of sp³-hybridized carbons (Fsp3) is 0.727. The molecule has 3 aliphatic rings. The first-order valence-corrected chi connectivity index (χ1v) is 11.0. The quantitative estimate of drug-likeness (QED) is 0.575. The Balaban J connectivity index is 0.00000181. The third-order valence-electron chi connectivity index (χ3n) is 6.30. The van der Waals surface area contributed by atoms with Crippen molar-refractivity contribution in [3.63, 3.8) is 0 Å². The summed E-state index contributed by atoms with van der Waals surface area (Å²) in [5, 5.41) is 14.0. The molecule has 2 N–H and O–H groups in total. The summed E-state index contributed by atoms with van der Waals surface area (Å²) < 4.78 is 38.6. The Hall–Kier alpha value is -0.900. The summed E-state index contributed by atoms with van der Waals surface area (Å²) in [4.78, 5) is 4.09. The number of aliphatic hydroxyl groups excluding tert-OH is 1. The van der Waals surface area contributed by atoms with Gasteiger partial charge in [0, 0.05) is 44.7 Å². The number of alkyl halides is 2. The second kappa shape index (κ2) is 12.0. The van der Waals surface area contributed by atoms with E-state index in [2.05, 4.69) is 10.2 Å². The number of ether oxygens (including phenoxy) is 2. The number of hydrogen-bond donors (Lipinski definition) is 2. The third-order valence-corrected chi connectivity index (χ3v) is 6.30. The maximum absolute atomic E-state index is 13.6. The van der Waals surface area contributed by atoms with E-state index in [0.29, 0.717) is 49.6 Å². The van der Waals surface area contributed by atoms with Gasteiger partial charge in [0.05, 0.1) is 13.7 Å². The van der Waals surface area contributed by atoms with Crippen LogP contribution in [0.2, 0.25) is 0 Å². The third kappa shape index (κ3) is 7.30. The molecule has 1 unspecified atom stereocenters. The van der Waals surface area contributed by atoms with Crippen LogP contribution >= 0.6 is 24.8 Å². The van der Waals surface area contributed by atoms with E-state index in [0.717, 1.165) is 18.7 Å². The zero-order valence-corrected chi connectivity index (χ0v) is 20.1. The Bertz CT molecular complexity index is 720. The van der Waals surface area contributed by atoms with E-state index < -0.39 is 12.0 Å². The van der Waals surface area contributed by atoms with Crippen LogP contribution < -0.4 is 14.8 Å². The van der Waals surface area contributed by atoms with Crippen molar-refractivity contribution in [3.05, 3.63) is 23.8 Å². The van der Waals surface area contributed by atoms with Gasteiger partial charge in [0.2, 0.25) is 0 Å². The lowest BCUT2D eigenvalue weighted by atomic mass is 10.1. The molecule has 3 saturated heterocycles. The molecule has 2 bridgehead atoms. The Morgan fingerprint density at radius 2 is 1.88 bits per heavy atom. The van der Waals surface area contributed by atoms with Crippen molar-refractivity contribution in [2.24, 2.45) is 0 Å². The largest absolute Gasteiger partial charge is 0.493 e. The molecule has 0 aliphatic carbocycles. The van der Waals surface area contributed by atoms with Crippen molar-refractivity contribution in [1.29, 1.82) is 0 Å². The highest BCUT2D eigenvalue weighted by molar-refractivity contribution is 5.85. The van der Waals surface area contributed by atoms with Crippen LogP contribution in [0.4, 0.5) is 8.78 Å². The second-order valence-electron chi connectivity index (χ2n) is 8.98. The Morgan fingerprint density at radius 1 is 1.16 bits per heavy atom. The number of piperidine rings is 1. The zero-order chi connectivity index (χ0) is 21.1. The van der Waals surface area contributed by atoms with Crippen LogP contribution in [0.5, 0.6) is 11.5 Å². The minimum atomic E-state index is -2.61. The van der Waals surface area contributed by atoms with E-state index in [-0.39, 0.29) is 44.4 Å². The second-order valence-corrected chi connectivity index (χ2v) is 8.98. The molecule has 0 amide bonds. The van der Waals surface area contributed by atoms with Crippen molar-refractivity contribution in [2.45, 2.75) is 56.3 Å². The molecule has 0 saturated carbocycles. The summed E-state index contributed by atoms with van der Waals surface area (Å²) in [5.41, 5.74) is 0.911. The van der Waals surface area contributed by atoms with Gasteiger partial charge in [0.15, 0.2) is 11.5 Å². The van der Waals surface area contributed by atoms with Crippen LogP contribution in [0.15, 0.2) is 18.2 Å². The van der Waals surface area contributed by atoms with Crippen molar-refractivity contribution in [1.82, 2.24) is 15.1 Å². The topological polar surface area (TPSA) is 57.2 Å². The molecule has 3 atom stereocenters. The van der Waals surface area contributed by atoms with Crippen LogP contribution in [0.25, 0.3) is 0 Å². The molecule has 3 fully saturated rings. The average Bonchev–Trinajstić information content (AvgIpc) is 3.04. The number of benzene rings is 1. The first-order valence-electron chi connectivity index (χ1n) is 11.0.